The van der Waals surface area contributed by atoms with E-state index < -0.39 is 0 Å². The molecule has 0 bridgehead atoms. The molecule has 17 heavy (non-hydrogen) atoms. The van der Waals surface area contributed by atoms with E-state index in [1.807, 2.05) is 18.2 Å². The Morgan fingerprint density at radius 2 is 2.12 bits per heavy atom. The lowest BCUT2D eigenvalue weighted by atomic mass is 10.1. The molecule has 94 valence electrons. The Morgan fingerprint density at radius 3 is 2.76 bits per heavy atom. The molecule has 0 saturated carbocycles. The fraction of sp³-hybridized carbons (Fsp3) is 0.500. The normalized spacial score (nSPS) is 11.9. The lowest BCUT2D eigenvalue weighted by molar-refractivity contribution is 0.0602. The second-order valence-corrected chi connectivity index (χ2v) is 4.31. The number of benzene rings is 1. The molecule has 1 aromatic rings. The van der Waals surface area contributed by atoms with Gasteiger partial charge in [0.15, 0.2) is 0 Å². The third-order valence-electron chi connectivity index (χ3n) is 2.75. The van der Waals surface area contributed by atoms with Crippen LogP contribution in [0.2, 0.25) is 0 Å². The maximum Gasteiger partial charge on any atom is 0.339 e. The van der Waals surface area contributed by atoms with E-state index in [2.05, 4.69) is 19.2 Å². The highest BCUT2D eigenvalue weighted by Crippen LogP contribution is 2.17. The molecule has 0 aliphatic rings. The summed E-state index contributed by atoms with van der Waals surface area (Å²) < 4.78 is 4.75. The first-order valence-corrected chi connectivity index (χ1v) is 6.10. The minimum absolute atomic E-state index is 0.295. The zero-order valence-electron chi connectivity index (χ0n) is 10.8. The van der Waals surface area contributed by atoms with Crippen LogP contribution in [0.15, 0.2) is 24.3 Å². The standard InChI is InChI=1S/C14H21NO2/c1-4-7-11(2)10-15-13-9-6-5-8-12(13)14(16)17-3/h5-6,8-9,11,15H,4,7,10H2,1-3H3. The molecule has 3 heteroatoms. The van der Waals surface area contributed by atoms with Crippen LogP contribution in [0.3, 0.4) is 0 Å². The van der Waals surface area contributed by atoms with Gasteiger partial charge in [-0.2, -0.15) is 0 Å². The van der Waals surface area contributed by atoms with E-state index in [1.165, 1.54) is 20.0 Å². The van der Waals surface area contributed by atoms with Crippen LogP contribution >= 0.6 is 0 Å². The Kier molecular flexibility index (Phi) is 5.53. The smallest absolute Gasteiger partial charge is 0.339 e. The molecule has 0 aliphatic carbocycles. The fourth-order valence-corrected chi connectivity index (χ4v) is 1.80. The summed E-state index contributed by atoms with van der Waals surface area (Å²) >= 11 is 0. The summed E-state index contributed by atoms with van der Waals surface area (Å²) in [6.45, 7) is 5.26. The number of para-hydroxylation sites is 1. The van der Waals surface area contributed by atoms with Crippen molar-refractivity contribution in [3.05, 3.63) is 29.8 Å². The first-order valence-electron chi connectivity index (χ1n) is 6.10. The van der Waals surface area contributed by atoms with Crippen molar-refractivity contribution in [2.24, 2.45) is 5.92 Å². The summed E-state index contributed by atoms with van der Waals surface area (Å²) in [5, 5.41) is 3.31. The molecule has 0 aromatic heterocycles. The summed E-state index contributed by atoms with van der Waals surface area (Å²) in [5.74, 6) is 0.307. The Bertz CT molecular complexity index is 363. The Balaban J connectivity index is 2.67. The number of hydrogen-bond acceptors (Lipinski definition) is 3. The predicted molar refractivity (Wildman–Crippen MR) is 70.3 cm³/mol. The number of carbonyl (C=O) groups excluding carboxylic acids is 1. The zero-order valence-corrected chi connectivity index (χ0v) is 10.8. The largest absolute Gasteiger partial charge is 0.465 e. The monoisotopic (exact) mass is 235 g/mol. The number of ether oxygens (including phenoxy) is 1. The average molecular weight is 235 g/mol. The third kappa shape index (κ3) is 4.10. The van der Waals surface area contributed by atoms with Crippen LogP contribution in [0.25, 0.3) is 0 Å². The van der Waals surface area contributed by atoms with Gasteiger partial charge in [-0.05, 0) is 24.5 Å². The highest BCUT2D eigenvalue weighted by atomic mass is 16.5. The van der Waals surface area contributed by atoms with Gasteiger partial charge in [-0.1, -0.05) is 32.4 Å². The first kappa shape index (κ1) is 13.6. The minimum atomic E-state index is -0.295. The van der Waals surface area contributed by atoms with Crippen molar-refractivity contribution in [1.82, 2.24) is 0 Å². The van der Waals surface area contributed by atoms with E-state index in [-0.39, 0.29) is 5.97 Å². The van der Waals surface area contributed by atoms with E-state index >= 15 is 0 Å². The molecule has 0 fully saturated rings. The van der Waals surface area contributed by atoms with Crippen molar-refractivity contribution in [1.29, 1.82) is 0 Å². The van der Waals surface area contributed by atoms with E-state index in [0.717, 1.165) is 12.2 Å². The molecule has 0 heterocycles. The summed E-state index contributed by atoms with van der Waals surface area (Å²) in [6, 6.07) is 7.44. The average Bonchev–Trinajstić information content (AvgIpc) is 2.36. The van der Waals surface area contributed by atoms with Crippen molar-refractivity contribution in [2.75, 3.05) is 19.0 Å². The number of nitrogens with one attached hydrogen (secondary N) is 1. The molecule has 0 radical (unpaired) electrons. The molecule has 1 aromatic carbocycles. The summed E-state index contributed by atoms with van der Waals surface area (Å²) in [4.78, 5) is 11.5. The number of esters is 1. The lowest BCUT2D eigenvalue weighted by Crippen LogP contribution is -2.14. The molecule has 1 atom stereocenters. The van der Waals surface area contributed by atoms with Gasteiger partial charge in [-0.3, -0.25) is 0 Å². The van der Waals surface area contributed by atoms with Crippen molar-refractivity contribution in [2.45, 2.75) is 26.7 Å². The number of anilines is 1. The summed E-state index contributed by atoms with van der Waals surface area (Å²) in [6.07, 6.45) is 2.37. The molecule has 0 aliphatic heterocycles. The van der Waals surface area contributed by atoms with E-state index in [1.54, 1.807) is 6.07 Å². The number of carbonyl (C=O) groups is 1. The zero-order chi connectivity index (χ0) is 12.7. The molecule has 0 spiro atoms. The molecule has 3 nitrogen and oxygen atoms in total. The second-order valence-electron chi connectivity index (χ2n) is 4.31. The van der Waals surface area contributed by atoms with Gasteiger partial charge in [0.2, 0.25) is 0 Å². The Morgan fingerprint density at radius 1 is 1.41 bits per heavy atom. The number of rotatable bonds is 6. The lowest BCUT2D eigenvalue weighted by Gasteiger charge is -2.14. The van der Waals surface area contributed by atoms with Gasteiger partial charge in [0.1, 0.15) is 0 Å². The van der Waals surface area contributed by atoms with Gasteiger partial charge < -0.3 is 10.1 Å². The van der Waals surface area contributed by atoms with Gasteiger partial charge in [-0.15, -0.1) is 0 Å². The van der Waals surface area contributed by atoms with Gasteiger partial charge in [0.05, 0.1) is 12.7 Å². The molecule has 0 amide bonds. The van der Waals surface area contributed by atoms with E-state index in [0.29, 0.717) is 11.5 Å². The first-order chi connectivity index (χ1) is 8.19. The van der Waals surface area contributed by atoms with Crippen LogP contribution in [0.5, 0.6) is 0 Å². The Labute approximate surface area is 103 Å². The molecule has 1 rings (SSSR count). The van der Waals surface area contributed by atoms with Crippen molar-refractivity contribution >= 4 is 11.7 Å². The van der Waals surface area contributed by atoms with Crippen molar-refractivity contribution in [3.8, 4) is 0 Å². The summed E-state index contributed by atoms with van der Waals surface area (Å²) in [7, 11) is 1.40. The number of hydrogen-bond donors (Lipinski definition) is 1. The Hall–Kier alpha value is -1.51. The molecular weight excluding hydrogens is 214 g/mol. The van der Waals surface area contributed by atoms with Crippen molar-refractivity contribution < 1.29 is 9.53 Å². The summed E-state index contributed by atoms with van der Waals surface area (Å²) in [5.41, 5.74) is 1.45. The van der Waals surface area contributed by atoms with Gasteiger partial charge in [-0.25, -0.2) is 4.79 Å². The van der Waals surface area contributed by atoms with Crippen molar-refractivity contribution in [3.63, 3.8) is 0 Å². The van der Waals surface area contributed by atoms with Crippen LogP contribution in [0.1, 0.15) is 37.0 Å². The van der Waals surface area contributed by atoms with E-state index in [4.69, 9.17) is 4.74 Å². The van der Waals surface area contributed by atoms with Crippen LogP contribution in [-0.4, -0.2) is 19.6 Å². The topological polar surface area (TPSA) is 38.3 Å². The fourth-order valence-electron chi connectivity index (χ4n) is 1.80. The molecule has 1 unspecified atom stereocenters. The number of methoxy groups -OCH3 is 1. The van der Waals surface area contributed by atoms with Crippen LogP contribution in [0.4, 0.5) is 5.69 Å². The van der Waals surface area contributed by atoms with Crippen LogP contribution in [-0.2, 0) is 4.74 Å². The van der Waals surface area contributed by atoms with Crippen LogP contribution < -0.4 is 5.32 Å². The second kappa shape index (κ2) is 6.94. The maximum atomic E-state index is 11.5. The molecule has 1 N–H and O–H groups in total. The molecule has 0 saturated heterocycles. The molecular formula is C14H21NO2. The third-order valence-corrected chi connectivity index (χ3v) is 2.75. The maximum absolute atomic E-state index is 11.5. The highest BCUT2D eigenvalue weighted by molar-refractivity contribution is 5.95. The van der Waals surface area contributed by atoms with Gasteiger partial charge >= 0.3 is 5.97 Å². The van der Waals surface area contributed by atoms with Gasteiger partial charge in [0, 0.05) is 12.2 Å². The SMILES string of the molecule is CCCC(C)CNc1ccccc1C(=O)OC. The quantitative estimate of drug-likeness (QED) is 0.769. The highest BCUT2D eigenvalue weighted by Gasteiger charge is 2.11. The van der Waals surface area contributed by atoms with Crippen LogP contribution in [0, 0.1) is 5.92 Å². The van der Waals surface area contributed by atoms with Gasteiger partial charge in [0.25, 0.3) is 0 Å². The van der Waals surface area contributed by atoms with E-state index in [9.17, 15) is 4.79 Å². The minimum Gasteiger partial charge on any atom is -0.465 e. The predicted octanol–water partition coefficient (Wildman–Crippen LogP) is 3.32.